The minimum absolute atomic E-state index is 0.166. The van der Waals surface area contributed by atoms with Crippen molar-refractivity contribution in [3.63, 3.8) is 0 Å². The summed E-state index contributed by atoms with van der Waals surface area (Å²) in [5, 5.41) is 11.8. The second kappa shape index (κ2) is 6.76. The highest BCUT2D eigenvalue weighted by atomic mass is 16.5. The van der Waals surface area contributed by atoms with Crippen molar-refractivity contribution in [3.05, 3.63) is 35.4 Å². The van der Waals surface area contributed by atoms with Crippen LogP contribution >= 0.6 is 0 Å². The molecule has 18 heavy (non-hydrogen) atoms. The van der Waals surface area contributed by atoms with E-state index in [1.54, 1.807) is 12.1 Å². The number of nitrogens with one attached hydrogen (secondary N) is 1. The SMILES string of the molecule is CCc1ccc(C(=O)NC[C@@H](O)C(=O)OC)cc1. The first-order valence-corrected chi connectivity index (χ1v) is 5.71. The lowest BCUT2D eigenvalue weighted by Gasteiger charge is -2.09. The first-order valence-electron chi connectivity index (χ1n) is 5.71. The van der Waals surface area contributed by atoms with Gasteiger partial charge in [-0.1, -0.05) is 19.1 Å². The number of carbonyl (C=O) groups is 2. The largest absolute Gasteiger partial charge is 0.467 e. The van der Waals surface area contributed by atoms with Crippen molar-refractivity contribution >= 4 is 11.9 Å². The van der Waals surface area contributed by atoms with Crippen LogP contribution in [0.15, 0.2) is 24.3 Å². The molecule has 5 nitrogen and oxygen atoms in total. The van der Waals surface area contributed by atoms with Crippen LogP contribution in [0.5, 0.6) is 0 Å². The first-order chi connectivity index (χ1) is 8.58. The molecule has 0 saturated heterocycles. The molecule has 0 aromatic heterocycles. The van der Waals surface area contributed by atoms with Gasteiger partial charge in [0, 0.05) is 5.56 Å². The van der Waals surface area contributed by atoms with Gasteiger partial charge in [0.25, 0.3) is 5.91 Å². The topological polar surface area (TPSA) is 75.6 Å². The number of carbonyl (C=O) groups excluding carboxylic acids is 2. The molecule has 0 heterocycles. The van der Waals surface area contributed by atoms with Crippen molar-refractivity contribution in [3.8, 4) is 0 Å². The molecule has 1 aromatic carbocycles. The summed E-state index contributed by atoms with van der Waals surface area (Å²) >= 11 is 0. The highest BCUT2D eigenvalue weighted by molar-refractivity contribution is 5.94. The van der Waals surface area contributed by atoms with Crippen molar-refractivity contribution in [1.82, 2.24) is 5.32 Å². The van der Waals surface area contributed by atoms with Gasteiger partial charge >= 0.3 is 5.97 Å². The van der Waals surface area contributed by atoms with Crippen molar-refractivity contribution in [1.29, 1.82) is 0 Å². The number of amides is 1. The number of esters is 1. The second-order valence-electron chi connectivity index (χ2n) is 3.80. The minimum atomic E-state index is -1.34. The Hall–Kier alpha value is -1.88. The summed E-state index contributed by atoms with van der Waals surface area (Å²) < 4.78 is 4.34. The second-order valence-corrected chi connectivity index (χ2v) is 3.80. The Morgan fingerprint density at radius 2 is 1.94 bits per heavy atom. The fraction of sp³-hybridized carbons (Fsp3) is 0.385. The van der Waals surface area contributed by atoms with Crippen molar-refractivity contribution in [2.45, 2.75) is 19.4 Å². The predicted molar refractivity (Wildman–Crippen MR) is 66.2 cm³/mol. The summed E-state index contributed by atoms with van der Waals surface area (Å²) in [5.41, 5.74) is 1.63. The molecule has 2 N–H and O–H groups in total. The van der Waals surface area contributed by atoms with E-state index in [0.717, 1.165) is 12.0 Å². The van der Waals surface area contributed by atoms with Gasteiger partial charge in [-0.15, -0.1) is 0 Å². The van der Waals surface area contributed by atoms with E-state index < -0.39 is 12.1 Å². The van der Waals surface area contributed by atoms with Crippen LogP contribution in [0.25, 0.3) is 0 Å². The highest BCUT2D eigenvalue weighted by Crippen LogP contribution is 2.04. The molecule has 0 fully saturated rings. The van der Waals surface area contributed by atoms with E-state index in [9.17, 15) is 14.7 Å². The molecule has 1 atom stereocenters. The Bertz CT molecular complexity index is 414. The molecule has 0 aliphatic rings. The van der Waals surface area contributed by atoms with E-state index in [0.29, 0.717) is 5.56 Å². The van der Waals surface area contributed by atoms with Gasteiger partial charge in [0.2, 0.25) is 0 Å². The Labute approximate surface area is 106 Å². The van der Waals surface area contributed by atoms with Crippen molar-refractivity contribution in [2.24, 2.45) is 0 Å². The molecule has 1 aromatic rings. The van der Waals surface area contributed by atoms with Crippen molar-refractivity contribution < 1.29 is 19.4 Å². The third-order valence-corrected chi connectivity index (χ3v) is 2.55. The smallest absolute Gasteiger partial charge is 0.336 e. The van der Waals surface area contributed by atoms with E-state index in [1.807, 2.05) is 19.1 Å². The van der Waals surface area contributed by atoms with Gasteiger partial charge in [0.1, 0.15) is 0 Å². The summed E-state index contributed by atoms with van der Waals surface area (Å²) in [6.45, 7) is 1.86. The third kappa shape index (κ3) is 3.85. The average molecular weight is 251 g/mol. The zero-order valence-corrected chi connectivity index (χ0v) is 10.5. The molecular formula is C13H17NO4. The number of hydrogen-bond acceptors (Lipinski definition) is 4. The molecule has 0 aliphatic carbocycles. The lowest BCUT2D eigenvalue weighted by atomic mass is 10.1. The molecule has 1 rings (SSSR count). The van der Waals surface area contributed by atoms with Crippen LogP contribution in [-0.4, -0.2) is 36.7 Å². The van der Waals surface area contributed by atoms with Gasteiger partial charge in [-0.2, -0.15) is 0 Å². The summed E-state index contributed by atoms with van der Waals surface area (Å²) in [4.78, 5) is 22.6. The first kappa shape index (κ1) is 14.2. The summed E-state index contributed by atoms with van der Waals surface area (Å²) in [7, 11) is 1.18. The zero-order chi connectivity index (χ0) is 13.5. The van der Waals surface area contributed by atoms with Gasteiger partial charge in [0.05, 0.1) is 13.7 Å². The number of methoxy groups -OCH3 is 1. The molecule has 0 radical (unpaired) electrons. The number of aliphatic hydroxyl groups is 1. The summed E-state index contributed by atoms with van der Waals surface area (Å²) in [6.07, 6.45) is -0.433. The van der Waals surface area contributed by atoms with E-state index in [-0.39, 0.29) is 12.5 Å². The summed E-state index contributed by atoms with van der Waals surface area (Å²) in [6, 6.07) is 7.15. The Kier molecular flexibility index (Phi) is 5.32. The van der Waals surface area contributed by atoms with Crippen LogP contribution in [0.3, 0.4) is 0 Å². The monoisotopic (exact) mass is 251 g/mol. The maximum Gasteiger partial charge on any atom is 0.336 e. The molecule has 0 saturated carbocycles. The molecule has 0 bridgehead atoms. The summed E-state index contributed by atoms with van der Waals surface area (Å²) in [5.74, 6) is -1.10. The number of rotatable bonds is 5. The standard InChI is InChI=1S/C13H17NO4/c1-3-9-4-6-10(7-5-9)12(16)14-8-11(15)13(17)18-2/h4-7,11,15H,3,8H2,1-2H3,(H,14,16)/t11-/m1/s1. The van der Waals surface area contributed by atoms with Crippen LogP contribution in [0, 0.1) is 0 Å². The average Bonchev–Trinajstić information content (AvgIpc) is 2.43. The molecule has 1 amide bonds. The normalized spacial score (nSPS) is 11.7. The highest BCUT2D eigenvalue weighted by Gasteiger charge is 2.16. The lowest BCUT2D eigenvalue weighted by molar-refractivity contribution is -0.149. The molecule has 0 spiro atoms. The van der Waals surface area contributed by atoms with Gasteiger partial charge in [0.15, 0.2) is 6.10 Å². The van der Waals surface area contributed by atoms with Gasteiger partial charge in [-0.05, 0) is 24.1 Å². The Morgan fingerprint density at radius 3 is 2.44 bits per heavy atom. The molecule has 98 valence electrons. The van der Waals surface area contributed by atoms with Crippen LogP contribution in [0.1, 0.15) is 22.8 Å². The van der Waals surface area contributed by atoms with Crippen molar-refractivity contribution in [2.75, 3.05) is 13.7 Å². The number of aliphatic hydroxyl groups excluding tert-OH is 1. The van der Waals surface area contributed by atoms with Gasteiger partial charge in [-0.25, -0.2) is 4.79 Å². The van der Waals surface area contributed by atoms with Crippen LogP contribution < -0.4 is 5.32 Å². The Morgan fingerprint density at radius 1 is 1.33 bits per heavy atom. The molecular weight excluding hydrogens is 234 g/mol. The molecule has 5 heteroatoms. The third-order valence-electron chi connectivity index (χ3n) is 2.55. The van der Waals surface area contributed by atoms with E-state index in [4.69, 9.17) is 0 Å². The van der Waals surface area contributed by atoms with E-state index >= 15 is 0 Å². The maximum atomic E-state index is 11.7. The van der Waals surface area contributed by atoms with E-state index in [1.165, 1.54) is 7.11 Å². The van der Waals surface area contributed by atoms with Crippen LogP contribution in [0.4, 0.5) is 0 Å². The zero-order valence-electron chi connectivity index (χ0n) is 10.5. The number of benzene rings is 1. The quantitative estimate of drug-likeness (QED) is 0.748. The number of hydrogen-bond donors (Lipinski definition) is 2. The fourth-order valence-corrected chi connectivity index (χ4v) is 1.40. The number of ether oxygens (including phenoxy) is 1. The van der Waals surface area contributed by atoms with Crippen LogP contribution in [0.2, 0.25) is 0 Å². The predicted octanol–water partition coefficient (Wildman–Crippen LogP) is 0.513. The van der Waals surface area contributed by atoms with Gasteiger partial charge < -0.3 is 15.2 Å². The lowest BCUT2D eigenvalue weighted by Crippen LogP contribution is -2.37. The van der Waals surface area contributed by atoms with Crippen LogP contribution in [-0.2, 0) is 16.0 Å². The minimum Gasteiger partial charge on any atom is -0.467 e. The van der Waals surface area contributed by atoms with Gasteiger partial charge in [-0.3, -0.25) is 4.79 Å². The maximum absolute atomic E-state index is 11.7. The fourth-order valence-electron chi connectivity index (χ4n) is 1.40. The number of aryl methyl sites for hydroxylation is 1. The Balaban J connectivity index is 2.52. The van der Waals surface area contributed by atoms with E-state index in [2.05, 4.69) is 10.1 Å². The molecule has 0 unspecified atom stereocenters. The molecule has 0 aliphatic heterocycles.